The number of rotatable bonds is 5. The minimum absolute atomic E-state index is 0. The van der Waals surface area contributed by atoms with Gasteiger partial charge in [0.1, 0.15) is 12.4 Å². The van der Waals surface area contributed by atoms with E-state index < -0.39 is 0 Å². The Morgan fingerprint density at radius 1 is 1.23 bits per heavy atom. The lowest BCUT2D eigenvalue weighted by molar-refractivity contribution is -0.00000535. The van der Waals surface area contributed by atoms with Crippen molar-refractivity contribution in [3.05, 3.63) is 58.3 Å². The van der Waals surface area contributed by atoms with E-state index in [-0.39, 0.29) is 17.9 Å². The Kier molecular flexibility index (Phi) is 7.33. The van der Waals surface area contributed by atoms with Crippen molar-refractivity contribution in [1.82, 2.24) is 10.3 Å². The zero-order valence-electron chi connectivity index (χ0n) is 13.1. The van der Waals surface area contributed by atoms with Gasteiger partial charge in [0.15, 0.2) is 0 Å². The number of nitrogens with zero attached hydrogens (tertiary/aromatic N) is 1. The van der Waals surface area contributed by atoms with Crippen LogP contribution < -0.4 is 22.5 Å². The minimum atomic E-state index is 0. The van der Waals surface area contributed by atoms with Gasteiger partial charge in [-0.05, 0) is 45.0 Å². The highest BCUT2D eigenvalue weighted by Crippen LogP contribution is 2.24. The third-order valence-electron chi connectivity index (χ3n) is 2.95. The van der Waals surface area contributed by atoms with Crippen molar-refractivity contribution in [2.75, 3.05) is 0 Å². The third kappa shape index (κ3) is 6.34. The second-order valence-corrected chi connectivity index (χ2v) is 6.92. The summed E-state index contributed by atoms with van der Waals surface area (Å²) in [4.78, 5) is 4.10. The summed E-state index contributed by atoms with van der Waals surface area (Å²) >= 11 is 3.52. The summed E-state index contributed by atoms with van der Waals surface area (Å²) in [5, 5.41) is 3.49. The predicted molar refractivity (Wildman–Crippen MR) is 89.3 cm³/mol. The highest BCUT2D eigenvalue weighted by atomic mass is 79.9. The van der Waals surface area contributed by atoms with Gasteiger partial charge in [-0.1, -0.05) is 22.0 Å². The molecule has 5 heteroatoms. The Morgan fingerprint density at radius 3 is 2.64 bits per heavy atom. The lowest BCUT2D eigenvalue weighted by Crippen LogP contribution is -3.00. The van der Waals surface area contributed by atoms with Gasteiger partial charge in [0.25, 0.3) is 0 Å². The van der Waals surface area contributed by atoms with Gasteiger partial charge in [-0.15, -0.1) is 0 Å². The predicted octanol–water partition coefficient (Wildman–Crippen LogP) is 1.32. The second-order valence-electron chi connectivity index (χ2n) is 6.01. The van der Waals surface area contributed by atoms with E-state index in [0.717, 1.165) is 27.9 Å². The molecule has 0 radical (unpaired) electrons. The van der Waals surface area contributed by atoms with Crippen molar-refractivity contribution < 1.29 is 17.1 Å². The normalized spacial score (nSPS) is 10.9. The molecular weight excluding hydrogens is 364 g/mol. The number of aromatic nitrogens is 1. The molecule has 0 amide bonds. The molecule has 0 fully saturated rings. The molecule has 1 aromatic heterocycles. The maximum absolute atomic E-state index is 5.94. The second kappa shape index (κ2) is 8.51. The molecule has 120 valence electrons. The van der Waals surface area contributed by atoms with Crippen molar-refractivity contribution >= 4 is 15.9 Å². The Labute approximate surface area is 147 Å². The van der Waals surface area contributed by atoms with E-state index in [9.17, 15) is 0 Å². The average molecular weight is 385 g/mol. The number of hydrogen-bond donors (Lipinski definition) is 1. The standard InChI is InChI=1S/C17H21BrN2O.ClH/c1-17(2,3)20-11-14-9-15(18)6-7-16(14)21-12-13-5-4-8-19-10-13;/h4-10,20H,11-12H2,1-3H3;1H/p-1. The van der Waals surface area contributed by atoms with Gasteiger partial charge >= 0.3 is 0 Å². The topological polar surface area (TPSA) is 34.1 Å². The Hall–Kier alpha value is -1.10. The molecule has 0 saturated carbocycles. The molecule has 0 aliphatic rings. The van der Waals surface area contributed by atoms with Crippen molar-refractivity contribution in [3.63, 3.8) is 0 Å². The van der Waals surface area contributed by atoms with Crippen LogP contribution in [0.4, 0.5) is 0 Å². The van der Waals surface area contributed by atoms with Gasteiger partial charge in [0, 0.05) is 40.1 Å². The first kappa shape index (κ1) is 18.9. The van der Waals surface area contributed by atoms with E-state index in [2.05, 4.69) is 53.1 Å². The maximum atomic E-state index is 5.94. The zero-order valence-corrected chi connectivity index (χ0v) is 15.4. The number of pyridine rings is 1. The van der Waals surface area contributed by atoms with Gasteiger partial charge in [0.2, 0.25) is 0 Å². The fourth-order valence-electron chi connectivity index (χ4n) is 1.83. The fourth-order valence-corrected chi connectivity index (χ4v) is 2.24. The molecule has 1 heterocycles. The molecule has 2 rings (SSSR count). The molecule has 0 atom stereocenters. The summed E-state index contributed by atoms with van der Waals surface area (Å²) in [5.41, 5.74) is 2.28. The highest BCUT2D eigenvalue weighted by Gasteiger charge is 2.11. The molecule has 0 bridgehead atoms. The molecule has 0 spiro atoms. The number of benzene rings is 1. The van der Waals surface area contributed by atoms with Crippen LogP contribution in [0.25, 0.3) is 0 Å². The van der Waals surface area contributed by atoms with E-state index in [1.807, 2.05) is 30.5 Å². The number of halogens is 2. The van der Waals surface area contributed by atoms with Crippen LogP contribution in [-0.2, 0) is 13.2 Å². The molecule has 1 N–H and O–H groups in total. The number of hydrogen-bond acceptors (Lipinski definition) is 3. The largest absolute Gasteiger partial charge is 1.00 e. The van der Waals surface area contributed by atoms with E-state index in [1.165, 1.54) is 0 Å². The van der Waals surface area contributed by atoms with E-state index in [0.29, 0.717) is 6.61 Å². The van der Waals surface area contributed by atoms with Gasteiger partial charge in [-0.25, -0.2) is 0 Å². The Bertz CT molecular complexity index is 585. The third-order valence-corrected chi connectivity index (χ3v) is 3.44. The summed E-state index contributed by atoms with van der Waals surface area (Å²) in [7, 11) is 0. The SMILES string of the molecule is CC(C)(C)NCc1cc(Br)ccc1OCc1cccnc1.[Cl-]. The molecule has 2 aromatic rings. The lowest BCUT2D eigenvalue weighted by atomic mass is 10.1. The smallest absolute Gasteiger partial charge is 0.124 e. The monoisotopic (exact) mass is 383 g/mol. The van der Waals surface area contributed by atoms with Gasteiger partial charge in [-0.3, -0.25) is 4.98 Å². The van der Waals surface area contributed by atoms with E-state index >= 15 is 0 Å². The van der Waals surface area contributed by atoms with Gasteiger partial charge < -0.3 is 22.5 Å². The first-order chi connectivity index (χ1) is 9.94. The lowest BCUT2D eigenvalue weighted by Gasteiger charge is -2.22. The van der Waals surface area contributed by atoms with E-state index in [4.69, 9.17) is 4.74 Å². The van der Waals surface area contributed by atoms with Crippen LogP contribution in [0, 0.1) is 0 Å². The summed E-state index contributed by atoms with van der Waals surface area (Å²) in [6, 6.07) is 10.0. The first-order valence-electron chi connectivity index (χ1n) is 6.99. The highest BCUT2D eigenvalue weighted by molar-refractivity contribution is 9.10. The molecule has 1 aromatic carbocycles. The van der Waals surface area contributed by atoms with Crippen LogP contribution in [0.5, 0.6) is 5.75 Å². The van der Waals surface area contributed by atoms with Crippen molar-refractivity contribution in [3.8, 4) is 5.75 Å². The zero-order chi connectivity index (χ0) is 15.3. The number of ether oxygens (including phenoxy) is 1. The van der Waals surface area contributed by atoms with Crippen LogP contribution in [0.3, 0.4) is 0 Å². The molecular formula is C17H21BrClN2O-. The van der Waals surface area contributed by atoms with E-state index in [1.54, 1.807) is 6.20 Å². The van der Waals surface area contributed by atoms with Crippen LogP contribution in [-0.4, -0.2) is 10.5 Å². The quantitative estimate of drug-likeness (QED) is 0.844. The summed E-state index contributed by atoms with van der Waals surface area (Å²) in [5.74, 6) is 0.902. The molecule has 3 nitrogen and oxygen atoms in total. The maximum Gasteiger partial charge on any atom is 0.124 e. The Morgan fingerprint density at radius 2 is 2.00 bits per heavy atom. The van der Waals surface area contributed by atoms with Crippen LogP contribution in [0.2, 0.25) is 0 Å². The fraction of sp³-hybridized carbons (Fsp3) is 0.353. The van der Waals surface area contributed by atoms with Crippen molar-refractivity contribution in [2.45, 2.75) is 39.5 Å². The summed E-state index contributed by atoms with van der Waals surface area (Å²) < 4.78 is 7.00. The van der Waals surface area contributed by atoms with Crippen molar-refractivity contribution in [2.24, 2.45) is 0 Å². The van der Waals surface area contributed by atoms with Crippen LogP contribution in [0.1, 0.15) is 31.9 Å². The molecule has 0 aliphatic heterocycles. The van der Waals surface area contributed by atoms with Gasteiger partial charge in [0.05, 0.1) is 0 Å². The van der Waals surface area contributed by atoms with Crippen molar-refractivity contribution in [1.29, 1.82) is 0 Å². The van der Waals surface area contributed by atoms with Crippen LogP contribution in [0.15, 0.2) is 47.2 Å². The number of nitrogens with one attached hydrogen (secondary N) is 1. The average Bonchev–Trinajstić information content (AvgIpc) is 2.44. The van der Waals surface area contributed by atoms with Crippen LogP contribution >= 0.6 is 15.9 Å². The molecule has 22 heavy (non-hydrogen) atoms. The molecule has 0 aliphatic carbocycles. The first-order valence-corrected chi connectivity index (χ1v) is 7.78. The Balaban J connectivity index is 0.00000242. The van der Waals surface area contributed by atoms with Gasteiger partial charge in [-0.2, -0.15) is 0 Å². The summed E-state index contributed by atoms with van der Waals surface area (Å²) in [6.07, 6.45) is 3.59. The summed E-state index contributed by atoms with van der Waals surface area (Å²) in [6.45, 7) is 7.76. The minimum Gasteiger partial charge on any atom is -1.00 e. The molecule has 0 unspecified atom stereocenters. The molecule has 0 saturated heterocycles.